The summed E-state index contributed by atoms with van der Waals surface area (Å²) >= 11 is 0. The maximum atomic E-state index is 5.82. The number of aromatic nitrogens is 3. The van der Waals surface area contributed by atoms with Gasteiger partial charge in [-0.1, -0.05) is 0 Å². The standard InChI is InChI=1S/C10H14BN5O/c1-17-11-14-4-8-5-15-16(7-8)10-2-3-13-6-9(10)12/h2-3,5-7,11,14H,4,12H2,1H3. The first kappa shape index (κ1) is 11.6. The van der Waals surface area contributed by atoms with Gasteiger partial charge in [-0.2, -0.15) is 5.10 Å². The molecule has 0 unspecified atom stereocenters. The zero-order valence-electron chi connectivity index (χ0n) is 9.63. The molecule has 2 rings (SSSR count). The Labute approximate surface area is 100 Å². The van der Waals surface area contributed by atoms with E-state index < -0.39 is 0 Å². The van der Waals surface area contributed by atoms with Gasteiger partial charge in [-0.25, -0.2) is 4.68 Å². The zero-order chi connectivity index (χ0) is 12.1. The van der Waals surface area contributed by atoms with Crippen molar-refractivity contribution in [3.05, 3.63) is 36.4 Å². The molecule has 6 nitrogen and oxygen atoms in total. The SMILES string of the molecule is COBNCc1cnn(-c2ccncc2N)c1. The summed E-state index contributed by atoms with van der Waals surface area (Å²) in [5.74, 6) is 0. The van der Waals surface area contributed by atoms with Crippen LogP contribution in [0.4, 0.5) is 5.69 Å². The Bertz CT molecular complexity index is 487. The molecule has 0 amide bonds. The monoisotopic (exact) mass is 231 g/mol. The topological polar surface area (TPSA) is 78.0 Å². The van der Waals surface area contributed by atoms with E-state index in [0.717, 1.165) is 11.3 Å². The number of nitrogens with two attached hydrogens (primary N) is 1. The summed E-state index contributed by atoms with van der Waals surface area (Å²) in [5.41, 5.74) is 8.33. The number of nitrogens with zero attached hydrogens (tertiary/aromatic N) is 3. The molecule has 2 aromatic rings. The maximum absolute atomic E-state index is 5.82. The van der Waals surface area contributed by atoms with Crippen LogP contribution < -0.4 is 11.0 Å². The summed E-state index contributed by atoms with van der Waals surface area (Å²) in [7, 11) is 2.16. The van der Waals surface area contributed by atoms with Gasteiger partial charge in [-0.15, -0.1) is 0 Å². The number of hydrogen-bond donors (Lipinski definition) is 2. The van der Waals surface area contributed by atoms with E-state index in [1.807, 2.05) is 12.3 Å². The number of rotatable bonds is 5. The number of anilines is 1. The van der Waals surface area contributed by atoms with Crippen LogP contribution in [0.15, 0.2) is 30.9 Å². The summed E-state index contributed by atoms with van der Waals surface area (Å²) < 4.78 is 6.64. The minimum absolute atomic E-state index is 0.516. The molecule has 0 saturated heterocycles. The molecule has 0 aromatic carbocycles. The molecule has 0 spiro atoms. The summed E-state index contributed by atoms with van der Waals surface area (Å²) in [4.78, 5) is 3.94. The third-order valence-electron chi connectivity index (χ3n) is 2.29. The summed E-state index contributed by atoms with van der Waals surface area (Å²) in [5, 5.41) is 7.37. The Hall–Kier alpha value is -1.86. The van der Waals surface area contributed by atoms with Gasteiger partial charge in [-0.3, -0.25) is 4.98 Å². The first-order valence-corrected chi connectivity index (χ1v) is 5.24. The van der Waals surface area contributed by atoms with Crippen LogP contribution >= 0.6 is 0 Å². The van der Waals surface area contributed by atoms with Crippen molar-refractivity contribution in [2.45, 2.75) is 6.54 Å². The van der Waals surface area contributed by atoms with Gasteiger partial charge in [0.15, 0.2) is 0 Å². The molecular formula is C10H14BN5O. The molecule has 0 atom stereocenters. The molecule has 0 bridgehead atoms. The fourth-order valence-corrected chi connectivity index (χ4v) is 1.49. The highest BCUT2D eigenvalue weighted by Crippen LogP contribution is 2.14. The summed E-state index contributed by atoms with van der Waals surface area (Å²) in [6, 6.07) is 1.83. The summed E-state index contributed by atoms with van der Waals surface area (Å²) in [6.07, 6.45) is 7.02. The van der Waals surface area contributed by atoms with Crippen molar-refractivity contribution in [2.24, 2.45) is 0 Å². The second-order valence-electron chi connectivity index (χ2n) is 3.59. The third-order valence-corrected chi connectivity index (χ3v) is 2.29. The Balaban J connectivity index is 2.10. The van der Waals surface area contributed by atoms with E-state index in [1.54, 1.807) is 30.4 Å². The average molecular weight is 231 g/mol. The van der Waals surface area contributed by atoms with Crippen molar-refractivity contribution in [3.63, 3.8) is 0 Å². The highest BCUT2D eigenvalue weighted by molar-refractivity contribution is 6.23. The molecular weight excluding hydrogens is 217 g/mol. The lowest BCUT2D eigenvalue weighted by Gasteiger charge is -2.03. The quantitative estimate of drug-likeness (QED) is 0.552. The van der Waals surface area contributed by atoms with Crippen molar-refractivity contribution in [3.8, 4) is 5.69 Å². The second kappa shape index (κ2) is 5.47. The third kappa shape index (κ3) is 2.83. The van der Waals surface area contributed by atoms with Gasteiger partial charge in [-0.05, 0) is 6.07 Å². The number of nitrogens with one attached hydrogen (secondary N) is 1. The van der Waals surface area contributed by atoms with Crippen LogP contribution in [0.25, 0.3) is 5.69 Å². The molecule has 0 aliphatic carbocycles. The second-order valence-corrected chi connectivity index (χ2v) is 3.59. The first-order chi connectivity index (χ1) is 8.31. The van der Waals surface area contributed by atoms with E-state index in [1.165, 1.54) is 0 Å². The van der Waals surface area contributed by atoms with Gasteiger partial charge in [0.2, 0.25) is 0 Å². The van der Waals surface area contributed by atoms with E-state index in [-0.39, 0.29) is 0 Å². The minimum atomic E-state index is 0.516. The molecule has 2 aromatic heterocycles. The molecule has 0 aliphatic rings. The molecule has 17 heavy (non-hydrogen) atoms. The molecule has 7 heteroatoms. The number of pyridine rings is 1. The van der Waals surface area contributed by atoms with Crippen molar-refractivity contribution < 1.29 is 4.65 Å². The maximum Gasteiger partial charge on any atom is 0.360 e. The largest absolute Gasteiger partial charge is 0.427 e. The molecule has 3 N–H and O–H groups in total. The number of nitrogen functional groups attached to an aromatic ring is 1. The smallest absolute Gasteiger partial charge is 0.360 e. The average Bonchev–Trinajstić information content (AvgIpc) is 2.79. The van der Waals surface area contributed by atoms with Gasteiger partial charge >= 0.3 is 7.62 Å². The van der Waals surface area contributed by atoms with Crippen LogP contribution in [-0.2, 0) is 11.2 Å². The normalized spacial score (nSPS) is 10.4. The van der Waals surface area contributed by atoms with Gasteiger partial charge in [0, 0.05) is 31.6 Å². The van der Waals surface area contributed by atoms with E-state index in [0.29, 0.717) is 19.8 Å². The van der Waals surface area contributed by atoms with Crippen LogP contribution in [0, 0.1) is 0 Å². The lowest BCUT2D eigenvalue weighted by molar-refractivity contribution is 0.430. The molecule has 0 fully saturated rings. The molecule has 2 heterocycles. The van der Waals surface area contributed by atoms with Crippen LogP contribution in [0.5, 0.6) is 0 Å². The van der Waals surface area contributed by atoms with E-state index in [2.05, 4.69) is 15.3 Å². The van der Waals surface area contributed by atoms with Crippen molar-refractivity contribution in [1.29, 1.82) is 0 Å². The lowest BCUT2D eigenvalue weighted by Crippen LogP contribution is -2.19. The lowest BCUT2D eigenvalue weighted by atomic mass is 10.2. The molecule has 0 aliphatic heterocycles. The van der Waals surface area contributed by atoms with Crippen LogP contribution in [-0.4, -0.2) is 29.5 Å². The minimum Gasteiger partial charge on any atom is -0.427 e. The van der Waals surface area contributed by atoms with Crippen molar-refractivity contribution >= 4 is 13.3 Å². The van der Waals surface area contributed by atoms with Crippen LogP contribution in [0.2, 0.25) is 0 Å². The molecule has 88 valence electrons. The Morgan fingerprint density at radius 2 is 2.41 bits per heavy atom. The van der Waals surface area contributed by atoms with Crippen molar-refractivity contribution in [1.82, 2.24) is 20.0 Å². The fraction of sp³-hybridized carbons (Fsp3) is 0.200. The Morgan fingerprint density at radius 1 is 1.53 bits per heavy atom. The van der Waals surface area contributed by atoms with E-state index in [9.17, 15) is 0 Å². The van der Waals surface area contributed by atoms with Gasteiger partial charge in [0.1, 0.15) is 0 Å². The molecule has 0 radical (unpaired) electrons. The predicted octanol–water partition coefficient (Wildman–Crippen LogP) is -0.148. The zero-order valence-corrected chi connectivity index (χ0v) is 9.63. The van der Waals surface area contributed by atoms with Crippen LogP contribution in [0.1, 0.15) is 5.56 Å². The predicted molar refractivity (Wildman–Crippen MR) is 66.8 cm³/mol. The van der Waals surface area contributed by atoms with Gasteiger partial charge in [0.25, 0.3) is 0 Å². The Kier molecular flexibility index (Phi) is 3.74. The highest BCUT2D eigenvalue weighted by Gasteiger charge is 2.03. The van der Waals surface area contributed by atoms with E-state index >= 15 is 0 Å². The highest BCUT2D eigenvalue weighted by atomic mass is 16.4. The number of hydrogen-bond acceptors (Lipinski definition) is 5. The molecule has 0 saturated carbocycles. The van der Waals surface area contributed by atoms with Gasteiger partial charge in [0.05, 0.1) is 23.8 Å². The van der Waals surface area contributed by atoms with Crippen LogP contribution in [0.3, 0.4) is 0 Å². The Morgan fingerprint density at radius 3 is 3.18 bits per heavy atom. The van der Waals surface area contributed by atoms with Crippen molar-refractivity contribution in [2.75, 3.05) is 12.8 Å². The van der Waals surface area contributed by atoms with E-state index in [4.69, 9.17) is 10.4 Å². The first-order valence-electron chi connectivity index (χ1n) is 5.24. The summed E-state index contributed by atoms with van der Waals surface area (Å²) in [6.45, 7) is 0.707. The fourth-order valence-electron chi connectivity index (χ4n) is 1.49. The van der Waals surface area contributed by atoms with Gasteiger partial charge < -0.3 is 15.6 Å².